The third-order valence-corrected chi connectivity index (χ3v) is 3.79. The second kappa shape index (κ2) is 6.60. The number of ether oxygens (including phenoxy) is 3. The summed E-state index contributed by atoms with van der Waals surface area (Å²) < 4.78 is 53.3. The Labute approximate surface area is 116 Å². The first-order valence-corrected chi connectivity index (χ1v) is 7.14. The minimum atomic E-state index is -4.18. The highest BCUT2D eigenvalue weighted by molar-refractivity contribution is 4.92. The molecule has 2 atom stereocenters. The van der Waals surface area contributed by atoms with Crippen LogP contribution in [0.2, 0.25) is 0 Å². The van der Waals surface area contributed by atoms with Gasteiger partial charge in [0.2, 0.25) is 0 Å². The summed E-state index contributed by atoms with van der Waals surface area (Å²) in [6.07, 6.45) is -3.38. The molecule has 0 bridgehead atoms. The highest BCUT2D eigenvalue weighted by Gasteiger charge is 2.45. The molecular formula is C13H22F3NO3. The second-order valence-electron chi connectivity index (χ2n) is 5.29. The van der Waals surface area contributed by atoms with Crippen molar-refractivity contribution in [1.82, 2.24) is 5.32 Å². The molecule has 0 amide bonds. The van der Waals surface area contributed by atoms with E-state index < -0.39 is 18.4 Å². The molecule has 0 aromatic heterocycles. The third-order valence-electron chi connectivity index (χ3n) is 3.79. The summed E-state index contributed by atoms with van der Waals surface area (Å²) in [5.74, 6) is -0.644. The monoisotopic (exact) mass is 297 g/mol. The lowest BCUT2D eigenvalue weighted by molar-refractivity contribution is -0.211. The van der Waals surface area contributed by atoms with E-state index in [0.29, 0.717) is 19.6 Å². The largest absolute Gasteiger partial charge is 0.391 e. The van der Waals surface area contributed by atoms with Crippen LogP contribution in [0.15, 0.2) is 0 Å². The Kier molecular flexibility index (Phi) is 5.28. The average Bonchev–Trinajstić information content (AvgIpc) is 2.80. The zero-order valence-corrected chi connectivity index (χ0v) is 11.7. The third kappa shape index (κ3) is 4.31. The zero-order valence-electron chi connectivity index (χ0n) is 11.7. The van der Waals surface area contributed by atoms with E-state index in [2.05, 4.69) is 5.32 Å². The molecule has 2 unspecified atom stereocenters. The quantitative estimate of drug-likeness (QED) is 0.845. The number of hydrogen-bond acceptors (Lipinski definition) is 4. The van der Waals surface area contributed by atoms with Gasteiger partial charge in [0.05, 0.1) is 32.3 Å². The molecule has 2 rings (SSSR count). The number of rotatable bonds is 5. The van der Waals surface area contributed by atoms with E-state index in [9.17, 15) is 13.2 Å². The molecule has 0 radical (unpaired) electrons. The lowest BCUT2D eigenvalue weighted by Gasteiger charge is -2.41. The normalized spacial score (nSPS) is 30.0. The maximum Gasteiger partial charge on any atom is 0.391 e. The van der Waals surface area contributed by atoms with Crippen molar-refractivity contribution in [2.45, 2.75) is 56.7 Å². The Morgan fingerprint density at radius 1 is 1.30 bits per heavy atom. The summed E-state index contributed by atoms with van der Waals surface area (Å²) in [6.45, 7) is 3.51. The highest BCUT2D eigenvalue weighted by atomic mass is 19.4. The van der Waals surface area contributed by atoms with Crippen molar-refractivity contribution < 1.29 is 27.4 Å². The Morgan fingerprint density at radius 2 is 2.00 bits per heavy atom. The molecule has 0 aromatic rings. The summed E-state index contributed by atoms with van der Waals surface area (Å²) >= 11 is 0. The van der Waals surface area contributed by atoms with Crippen LogP contribution in [-0.4, -0.2) is 50.5 Å². The van der Waals surface area contributed by atoms with E-state index in [4.69, 9.17) is 14.2 Å². The average molecular weight is 297 g/mol. The molecule has 2 fully saturated rings. The summed E-state index contributed by atoms with van der Waals surface area (Å²) in [5.41, 5.74) is 0. The Bertz CT molecular complexity index is 306. The van der Waals surface area contributed by atoms with Crippen LogP contribution in [0.5, 0.6) is 0 Å². The fourth-order valence-corrected chi connectivity index (χ4v) is 2.87. The standard InChI is InChI=1S/C13H22F3NO3/c1-2-17-10-3-4-12(19-7-8-20-12)9-11(10)18-6-5-13(14,15)16/h10-11,17H,2-9H2,1H3. The molecule has 1 spiro atoms. The van der Waals surface area contributed by atoms with Gasteiger partial charge in [0.1, 0.15) is 0 Å². The molecule has 1 aliphatic carbocycles. The maximum absolute atomic E-state index is 12.2. The number of hydrogen-bond donors (Lipinski definition) is 1. The van der Waals surface area contributed by atoms with Crippen molar-refractivity contribution in [2.75, 3.05) is 26.4 Å². The van der Waals surface area contributed by atoms with Crippen LogP contribution < -0.4 is 5.32 Å². The van der Waals surface area contributed by atoms with Gasteiger partial charge in [-0.15, -0.1) is 0 Å². The molecule has 1 saturated carbocycles. The number of likely N-dealkylation sites (N-methyl/N-ethyl adjacent to an activating group) is 1. The first kappa shape index (κ1) is 16.0. The van der Waals surface area contributed by atoms with Crippen LogP contribution in [0.25, 0.3) is 0 Å². The number of halogens is 3. The first-order chi connectivity index (χ1) is 9.44. The predicted octanol–water partition coefficient (Wildman–Crippen LogP) is 2.23. The fourth-order valence-electron chi connectivity index (χ4n) is 2.87. The van der Waals surface area contributed by atoms with Crippen molar-refractivity contribution in [1.29, 1.82) is 0 Å². The van der Waals surface area contributed by atoms with Crippen molar-refractivity contribution in [3.05, 3.63) is 0 Å². The first-order valence-electron chi connectivity index (χ1n) is 7.14. The molecule has 1 heterocycles. The molecule has 2 aliphatic rings. The van der Waals surface area contributed by atoms with Gasteiger partial charge in [0, 0.05) is 18.9 Å². The van der Waals surface area contributed by atoms with E-state index in [1.54, 1.807) is 0 Å². The van der Waals surface area contributed by atoms with Crippen LogP contribution in [0, 0.1) is 0 Å². The van der Waals surface area contributed by atoms with Crippen LogP contribution in [0.3, 0.4) is 0 Å². The minimum absolute atomic E-state index is 0.0617. The topological polar surface area (TPSA) is 39.7 Å². The van der Waals surface area contributed by atoms with Gasteiger partial charge in [-0.3, -0.25) is 0 Å². The SMILES string of the molecule is CCNC1CCC2(CC1OCCC(F)(F)F)OCCO2. The predicted molar refractivity (Wildman–Crippen MR) is 66.4 cm³/mol. The molecule has 20 heavy (non-hydrogen) atoms. The number of nitrogens with one attached hydrogen (secondary N) is 1. The molecular weight excluding hydrogens is 275 g/mol. The summed E-state index contributed by atoms with van der Waals surface area (Å²) in [7, 11) is 0. The Hall–Kier alpha value is -0.370. The second-order valence-corrected chi connectivity index (χ2v) is 5.29. The van der Waals surface area contributed by atoms with E-state index in [1.165, 1.54) is 0 Å². The van der Waals surface area contributed by atoms with Crippen LogP contribution in [0.1, 0.15) is 32.6 Å². The van der Waals surface area contributed by atoms with Gasteiger partial charge in [0.25, 0.3) is 0 Å². The maximum atomic E-state index is 12.2. The lowest BCUT2D eigenvalue weighted by Crippen LogP contribution is -2.52. The lowest BCUT2D eigenvalue weighted by atomic mass is 9.87. The smallest absolute Gasteiger partial charge is 0.376 e. The Balaban J connectivity index is 1.89. The molecule has 7 heteroatoms. The van der Waals surface area contributed by atoms with E-state index in [0.717, 1.165) is 19.4 Å². The number of alkyl halides is 3. The van der Waals surface area contributed by atoms with Gasteiger partial charge >= 0.3 is 6.18 Å². The van der Waals surface area contributed by atoms with Gasteiger partial charge < -0.3 is 19.5 Å². The van der Waals surface area contributed by atoms with E-state index >= 15 is 0 Å². The molecule has 1 N–H and O–H groups in total. The highest BCUT2D eigenvalue weighted by Crippen LogP contribution is 2.37. The van der Waals surface area contributed by atoms with E-state index in [1.807, 2.05) is 6.92 Å². The van der Waals surface area contributed by atoms with Gasteiger partial charge in [-0.2, -0.15) is 13.2 Å². The van der Waals surface area contributed by atoms with Crippen molar-refractivity contribution in [3.63, 3.8) is 0 Å². The fraction of sp³-hybridized carbons (Fsp3) is 1.00. The van der Waals surface area contributed by atoms with Crippen LogP contribution >= 0.6 is 0 Å². The van der Waals surface area contributed by atoms with Gasteiger partial charge in [-0.1, -0.05) is 6.92 Å². The molecule has 4 nitrogen and oxygen atoms in total. The summed E-state index contributed by atoms with van der Waals surface area (Å²) in [5, 5.41) is 3.27. The van der Waals surface area contributed by atoms with Gasteiger partial charge in [-0.25, -0.2) is 0 Å². The summed E-state index contributed by atoms with van der Waals surface area (Å²) in [6, 6.07) is 0.0617. The molecule has 1 aliphatic heterocycles. The van der Waals surface area contributed by atoms with Crippen LogP contribution in [-0.2, 0) is 14.2 Å². The summed E-state index contributed by atoms with van der Waals surface area (Å²) in [4.78, 5) is 0. The van der Waals surface area contributed by atoms with Gasteiger partial charge in [-0.05, 0) is 13.0 Å². The van der Waals surface area contributed by atoms with E-state index in [-0.39, 0.29) is 18.8 Å². The molecule has 0 aromatic carbocycles. The zero-order chi connectivity index (χ0) is 14.6. The Morgan fingerprint density at radius 3 is 2.60 bits per heavy atom. The molecule has 118 valence electrons. The van der Waals surface area contributed by atoms with Crippen LogP contribution in [0.4, 0.5) is 13.2 Å². The van der Waals surface area contributed by atoms with Gasteiger partial charge in [0.15, 0.2) is 5.79 Å². The van der Waals surface area contributed by atoms with Crippen molar-refractivity contribution >= 4 is 0 Å². The van der Waals surface area contributed by atoms with Crippen molar-refractivity contribution in [3.8, 4) is 0 Å². The minimum Gasteiger partial charge on any atom is -0.376 e. The van der Waals surface area contributed by atoms with Crippen molar-refractivity contribution in [2.24, 2.45) is 0 Å². The molecule has 1 saturated heterocycles.